The Kier molecular flexibility index (Phi) is 26.7. The lowest BCUT2D eigenvalue weighted by molar-refractivity contribution is -0.168. The van der Waals surface area contributed by atoms with Gasteiger partial charge in [-0.25, -0.2) is 24.2 Å². The van der Waals surface area contributed by atoms with E-state index in [0.717, 1.165) is 35.6 Å². The van der Waals surface area contributed by atoms with Crippen molar-refractivity contribution >= 4 is 75.6 Å². The lowest BCUT2D eigenvalue weighted by Crippen LogP contribution is -2.48. The van der Waals surface area contributed by atoms with Crippen molar-refractivity contribution in [1.82, 2.24) is 47.2 Å². The van der Waals surface area contributed by atoms with E-state index in [4.69, 9.17) is 23.8 Å². The Balaban J connectivity index is 0.000000327. The summed E-state index contributed by atoms with van der Waals surface area (Å²) >= 11 is 0. The van der Waals surface area contributed by atoms with Crippen LogP contribution in [0, 0.1) is 0 Å². The largest absolute Gasteiger partial charge is 0.444 e. The van der Waals surface area contributed by atoms with Crippen molar-refractivity contribution in [1.29, 1.82) is 0 Å². The van der Waals surface area contributed by atoms with Gasteiger partial charge >= 0.3 is 24.4 Å². The topological polar surface area (TPSA) is 281 Å². The molecule has 2 heterocycles. The maximum absolute atomic E-state index is 13.5. The summed E-state index contributed by atoms with van der Waals surface area (Å²) in [7, 11) is 4.73. The van der Waals surface area contributed by atoms with Crippen LogP contribution < -0.4 is 37.2 Å². The fourth-order valence-electron chi connectivity index (χ4n) is 10.0. The van der Waals surface area contributed by atoms with Crippen LogP contribution in [0.4, 0.5) is 19.2 Å². The molecule has 2 aliphatic rings. The minimum atomic E-state index is -0.780. The summed E-state index contributed by atoms with van der Waals surface area (Å²) in [5.74, 6) is -0.361. The summed E-state index contributed by atoms with van der Waals surface area (Å²) in [6.45, 7) is 21.3. The zero-order valence-corrected chi connectivity index (χ0v) is 54.8. The Hall–Kier alpha value is -7.89. The van der Waals surface area contributed by atoms with Crippen molar-refractivity contribution in [2.24, 2.45) is 9.98 Å². The van der Waals surface area contributed by atoms with Gasteiger partial charge < -0.3 is 34.5 Å². The van der Waals surface area contributed by atoms with Crippen LogP contribution in [-0.4, -0.2) is 151 Å². The third-order valence-corrected chi connectivity index (χ3v) is 13.9. The number of guanidine groups is 2. The van der Waals surface area contributed by atoms with Crippen LogP contribution in [0.25, 0.3) is 21.5 Å². The molecule has 0 aromatic heterocycles. The lowest BCUT2D eigenvalue weighted by atomic mass is 9.97. The molecule has 4 aromatic carbocycles. The van der Waals surface area contributed by atoms with Crippen LogP contribution in [-0.2, 0) is 51.0 Å². The van der Waals surface area contributed by atoms with Crippen molar-refractivity contribution in [3.05, 3.63) is 96.1 Å². The monoisotopic (exact) mass is 1240 g/mol. The number of fused-ring (bicyclic) bond motifs is 3. The predicted octanol–water partition coefficient (Wildman–Crippen LogP) is 9.69. The highest BCUT2D eigenvalue weighted by Gasteiger charge is 2.46. The molecule has 2 saturated heterocycles. The first-order valence-electron chi connectivity index (χ1n) is 30.7. The number of nitrogens with one attached hydrogen (secondary N) is 7. The molecule has 0 bridgehead atoms. The fourth-order valence-corrected chi connectivity index (χ4v) is 10.0. The van der Waals surface area contributed by atoms with Gasteiger partial charge in [-0.3, -0.25) is 55.8 Å². The van der Waals surface area contributed by atoms with Crippen LogP contribution in [0.5, 0.6) is 0 Å². The zero-order chi connectivity index (χ0) is 65.7. The van der Waals surface area contributed by atoms with Crippen molar-refractivity contribution in [3.8, 4) is 0 Å². The van der Waals surface area contributed by atoms with Crippen molar-refractivity contribution < 1.29 is 57.3 Å². The van der Waals surface area contributed by atoms with E-state index in [0.29, 0.717) is 51.4 Å². The molecule has 0 radical (unpaired) electrons. The number of carbonyl (C=O) groups is 7. The number of carbonyl (C=O) groups excluding carboxylic acids is 7. The Labute approximate surface area is 524 Å². The molecule has 4 aromatic rings. The number of alkyl carbamates (subject to hydrolysis) is 4. The van der Waals surface area contributed by atoms with Gasteiger partial charge in [-0.15, -0.1) is 0 Å². The highest BCUT2D eigenvalue weighted by atomic mass is 16.7. The summed E-state index contributed by atoms with van der Waals surface area (Å²) in [6, 6.07) is 28.4. The molecular weight excluding hydrogens is 1140 g/mol. The second-order valence-electron chi connectivity index (χ2n) is 26.2. The van der Waals surface area contributed by atoms with Gasteiger partial charge in [-0.2, -0.15) is 0 Å². The Morgan fingerprint density at radius 1 is 0.618 bits per heavy atom. The maximum atomic E-state index is 13.5. The quantitative estimate of drug-likeness (QED) is 0.0143. The molecule has 7 N–H and O–H groups in total. The number of ether oxygens (including phenoxy) is 4. The summed E-state index contributed by atoms with van der Waals surface area (Å²) < 4.78 is 21.1. The molecule has 7 amide bonds. The molecule has 23 nitrogen and oxygen atoms in total. The van der Waals surface area contributed by atoms with Crippen molar-refractivity contribution in [2.75, 3.05) is 34.3 Å². The van der Waals surface area contributed by atoms with Crippen molar-refractivity contribution in [3.63, 3.8) is 0 Å². The minimum Gasteiger partial charge on any atom is -0.444 e. The first-order chi connectivity index (χ1) is 41.8. The van der Waals surface area contributed by atoms with E-state index in [2.05, 4.69) is 108 Å². The molecule has 2 fully saturated rings. The summed E-state index contributed by atoms with van der Waals surface area (Å²) in [4.78, 5) is 104. The standard InChI is InChI=1S/C35H54N6O7.C31H43N5O5/c1-34(2,3)47-32(44)39-31(40-33(45)48-35(4,5)6)37-21-13-17-28(36-7)30(43)38-27(16-12-18-29(42)41(8)46-9)23-24-19-20-25-14-10-11-15-26(25)22-24;1-30(2,3)40-28(38)34-27(35-29(39)41-31(4,5)6)32-17-9-12-24-26(37)36-23(15-16-25(36)33-24)19-20-13-14-21-10-7-8-11-22(21)18-20/h10-11,14-15,19-20,22,27-28,36H,12-13,16-18,21,23H2,1-9H3,(H,38,43)(H2,37,39,40,44,45);7-8,10-11,13-14,18,23-25,33H,9,12,15-17,19H2,1-6H3,(H2,32,34,35,38,39). The molecule has 0 aliphatic carbocycles. The zero-order valence-electron chi connectivity index (χ0n) is 54.8. The molecule has 23 heteroatoms. The molecule has 6 rings (SSSR count). The minimum absolute atomic E-state index is 0.0553. The highest BCUT2D eigenvalue weighted by molar-refractivity contribution is 6.02. The number of hydroxylamine groups is 2. The fraction of sp³-hybridized carbons (Fsp3) is 0.561. The molecule has 0 saturated carbocycles. The molecule has 5 atom stereocenters. The van der Waals surface area contributed by atoms with Crippen LogP contribution in [0.2, 0.25) is 0 Å². The molecule has 5 unspecified atom stereocenters. The number of likely N-dealkylation sites (N-methyl/N-ethyl adjacent to an activating group) is 1. The molecule has 2 aliphatic heterocycles. The average molecular weight is 1240 g/mol. The normalized spacial score (nSPS) is 16.3. The predicted molar refractivity (Wildman–Crippen MR) is 345 cm³/mol. The number of aliphatic imine (C=N–C) groups is 2. The maximum Gasteiger partial charge on any atom is 0.414 e. The number of amides is 7. The summed E-state index contributed by atoms with van der Waals surface area (Å²) in [5.41, 5.74) is -0.614. The van der Waals surface area contributed by atoms with Gasteiger partial charge in [0.2, 0.25) is 29.6 Å². The van der Waals surface area contributed by atoms with Gasteiger partial charge in [-0.1, -0.05) is 84.9 Å². The third kappa shape index (κ3) is 26.0. The second-order valence-corrected chi connectivity index (χ2v) is 26.2. The Morgan fingerprint density at radius 2 is 1.08 bits per heavy atom. The summed E-state index contributed by atoms with van der Waals surface area (Å²) in [5, 5.41) is 25.5. The number of nitrogens with zero attached hydrogens (tertiary/aromatic N) is 4. The molecule has 488 valence electrons. The molecule has 0 spiro atoms. The molecule has 89 heavy (non-hydrogen) atoms. The van der Waals surface area contributed by atoms with Gasteiger partial charge in [0.15, 0.2) is 0 Å². The first-order valence-corrected chi connectivity index (χ1v) is 30.7. The van der Waals surface area contributed by atoms with E-state index in [1.807, 2.05) is 29.2 Å². The van der Waals surface area contributed by atoms with Gasteiger partial charge in [0.25, 0.3) is 0 Å². The van der Waals surface area contributed by atoms with E-state index in [9.17, 15) is 33.6 Å². The number of rotatable bonds is 20. The lowest BCUT2D eigenvalue weighted by Gasteiger charge is -2.24. The number of benzene rings is 4. The van der Waals surface area contributed by atoms with Gasteiger partial charge in [-0.05, 0) is 187 Å². The van der Waals surface area contributed by atoms with E-state index < -0.39 is 52.8 Å². The van der Waals surface area contributed by atoms with E-state index in [1.165, 1.54) is 28.5 Å². The SMILES string of the molecule is CC(C)(C)OC(=O)NC(=NCCCC1NC2CCC(Cc3ccc4ccccc4c3)N2C1=O)NC(=O)OC(C)(C)C.CNC(CCCN=C(NC(=O)OC(C)(C)C)NC(=O)OC(C)(C)C)C(=O)NC(CCCC(=O)N(C)OC)Cc1ccc2ccccc2c1. The Morgan fingerprint density at radius 3 is 1.55 bits per heavy atom. The number of hydrogen-bond acceptors (Lipinski definition) is 16. The Bertz CT molecular complexity index is 3040. The van der Waals surface area contributed by atoms with Gasteiger partial charge in [0.05, 0.1) is 25.4 Å². The van der Waals surface area contributed by atoms with Crippen LogP contribution in [0.15, 0.2) is 94.9 Å². The smallest absolute Gasteiger partial charge is 0.414 e. The van der Waals surface area contributed by atoms with E-state index in [1.54, 1.807) is 97.2 Å². The van der Waals surface area contributed by atoms with Crippen molar-refractivity contribution in [2.45, 2.75) is 206 Å². The first kappa shape index (κ1) is 71.9. The average Bonchev–Trinajstić information content (AvgIpc) is 1.69. The highest BCUT2D eigenvalue weighted by Crippen LogP contribution is 2.32. The summed E-state index contributed by atoms with van der Waals surface area (Å²) in [6.07, 6.45) is 3.87. The van der Waals surface area contributed by atoms with Gasteiger partial charge in [0, 0.05) is 38.6 Å². The second kappa shape index (κ2) is 33.1. The van der Waals surface area contributed by atoms with Crippen LogP contribution >= 0.6 is 0 Å². The number of hydrogen-bond donors (Lipinski definition) is 7. The van der Waals surface area contributed by atoms with Crippen LogP contribution in [0.1, 0.15) is 152 Å². The third-order valence-electron chi connectivity index (χ3n) is 13.9. The van der Waals surface area contributed by atoms with Gasteiger partial charge in [0.1, 0.15) is 22.4 Å². The van der Waals surface area contributed by atoms with E-state index >= 15 is 0 Å². The van der Waals surface area contributed by atoms with E-state index in [-0.39, 0.29) is 67.0 Å². The molecular formula is C66H97N11O12. The van der Waals surface area contributed by atoms with Crippen LogP contribution in [0.3, 0.4) is 0 Å².